The average Bonchev–Trinajstić information content (AvgIpc) is 2.63. The molecule has 0 bridgehead atoms. The minimum atomic E-state index is -0.926. The summed E-state index contributed by atoms with van der Waals surface area (Å²) in [5.74, 6) is -1.81. The highest BCUT2D eigenvalue weighted by Crippen LogP contribution is 2.25. The van der Waals surface area contributed by atoms with Gasteiger partial charge in [0.25, 0.3) is 0 Å². The van der Waals surface area contributed by atoms with Gasteiger partial charge in [-0.1, -0.05) is 0 Å². The molecule has 1 aromatic heterocycles. The van der Waals surface area contributed by atoms with Crippen molar-refractivity contribution in [2.75, 3.05) is 0 Å². The number of furan rings is 1. The van der Waals surface area contributed by atoms with Gasteiger partial charge in [-0.25, -0.2) is 4.39 Å². The second-order valence-corrected chi connectivity index (χ2v) is 5.10. The van der Waals surface area contributed by atoms with Crippen molar-refractivity contribution in [3.05, 3.63) is 35.6 Å². The first-order valence-electron chi connectivity index (χ1n) is 5.47. The summed E-state index contributed by atoms with van der Waals surface area (Å²) < 4.78 is 31.4. The van der Waals surface area contributed by atoms with Gasteiger partial charge in [-0.3, -0.25) is 0 Å². The monoisotopic (exact) mass is 239 g/mol. The van der Waals surface area contributed by atoms with E-state index < -0.39 is 11.6 Å². The van der Waals surface area contributed by atoms with Gasteiger partial charge in [-0.2, -0.15) is 4.39 Å². The highest BCUT2D eigenvalue weighted by Gasteiger charge is 2.15. The van der Waals surface area contributed by atoms with Crippen LogP contribution in [-0.2, 0) is 6.54 Å². The molecular weight excluding hydrogens is 224 g/mol. The van der Waals surface area contributed by atoms with Crippen molar-refractivity contribution >= 4 is 11.0 Å². The molecule has 0 amide bonds. The van der Waals surface area contributed by atoms with Crippen LogP contribution in [0, 0.1) is 11.6 Å². The summed E-state index contributed by atoms with van der Waals surface area (Å²) in [7, 11) is 0. The van der Waals surface area contributed by atoms with Gasteiger partial charge in [0, 0.05) is 23.0 Å². The molecule has 0 aliphatic carbocycles. The summed E-state index contributed by atoms with van der Waals surface area (Å²) in [6.07, 6.45) is 1.46. The Morgan fingerprint density at radius 2 is 1.94 bits per heavy atom. The van der Waals surface area contributed by atoms with Gasteiger partial charge in [0.05, 0.1) is 6.26 Å². The second-order valence-electron chi connectivity index (χ2n) is 5.10. The summed E-state index contributed by atoms with van der Waals surface area (Å²) in [6, 6.07) is 2.66. The minimum Gasteiger partial charge on any atom is -0.461 e. The van der Waals surface area contributed by atoms with Crippen LogP contribution in [0.5, 0.6) is 0 Å². The Balaban J connectivity index is 2.34. The lowest BCUT2D eigenvalue weighted by Crippen LogP contribution is -2.34. The third kappa shape index (κ3) is 2.47. The predicted octanol–water partition coefficient (Wildman–Crippen LogP) is 3.60. The van der Waals surface area contributed by atoms with Crippen molar-refractivity contribution in [2.24, 2.45) is 0 Å². The highest BCUT2D eigenvalue weighted by molar-refractivity contribution is 5.81. The fraction of sp³-hybridized carbons (Fsp3) is 0.385. The number of hydrogen-bond donors (Lipinski definition) is 1. The van der Waals surface area contributed by atoms with Gasteiger partial charge in [-0.05, 0) is 32.9 Å². The molecule has 1 aromatic carbocycles. The van der Waals surface area contributed by atoms with Gasteiger partial charge in [-0.15, -0.1) is 0 Å². The summed E-state index contributed by atoms with van der Waals surface area (Å²) in [6.45, 7) is 6.67. The fourth-order valence-electron chi connectivity index (χ4n) is 1.59. The Kier molecular flexibility index (Phi) is 2.91. The van der Waals surface area contributed by atoms with Crippen LogP contribution in [0.4, 0.5) is 8.78 Å². The molecule has 2 nitrogen and oxygen atoms in total. The van der Waals surface area contributed by atoms with Crippen LogP contribution in [0.1, 0.15) is 26.3 Å². The van der Waals surface area contributed by atoms with E-state index in [0.717, 1.165) is 11.6 Å². The minimum absolute atomic E-state index is 0.0179. The quantitative estimate of drug-likeness (QED) is 0.866. The number of fused-ring (bicyclic) bond motifs is 1. The summed E-state index contributed by atoms with van der Waals surface area (Å²) >= 11 is 0. The van der Waals surface area contributed by atoms with Crippen LogP contribution >= 0.6 is 0 Å². The molecule has 0 saturated heterocycles. The number of hydrogen-bond acceptors (Lipinski definition) is 2. The third-order valence-corrected chi connectivity index (χ3v) is 2.52. The zero-order valence-corrected chi connectivity index (χ0v) is 10.1. The zero-order chi connectivity index (χ0) is 12.6. The standard InChI is InChI=1S/C13H15F2NO/c1-13(2,3)16-6-8-7-17-12-9(8)4-5-10(14)11(12)15/h4-5,7,16H,6H2,1-3H3. The van der Waals surface area contributed by atoms with Crippen LogP contribution in [0.3, 0.4) is 0 Å². The van der Waals surface area contributed by atoms with Crippen molar-refractivity contribution in [3.63, 3.8) is 0 Å². The lowest BCUT2D eigenvalue weighted by Gasteiger charge is -2.19. The molecule has 4 heteroatoms. The number of halogens is 2. The van der Waals surface area contributed by atoms with Crippen molar-refractivity contribution < 1.29 is 13.2 Å². The second kappa shape index (κ2) is 4.11. The molecule has 0 aliphatic rings. The lowest BCUT2D eigenvalue weighted by molar-refractivity contribution is 0.423. The molecule has 0 fully saturated rings. The van der Waals surface area contributed by atoms with E-state index in [1.807, 2.05) is 20.8 Å². The number of nitrogens with one attached hydrogen (secondary N) is 1. The average molecular weight is 239 g/mol. The maximum absolute atomic E-state index is 13.4. The van der Waals surface area contributed by atoms with Crippen molar-refractivity contribution in [1.82, 2.24) is 5.32 Å². The summed E-state index contributed by atoms with van der Waals surface area (Å²) in [5.41, 5.74) is 0.770. The molecule has 0 saturated carbocycles. The Bertz CT molecular complexity index is 540. The predicted molar refractivity (Wildman–Crippen MR) is 62.7 cm³/mol. The van der Waals surface area contributed by atoms with Crippen molar-refractivity contribution in [2.45, 2.75) is 32.9 Å². The van der Waals surface area contributed by atoms with E-state index in [2.05, 4.69) is 5.32 Å². The molecule has 2 aromatic rings. The van der Waals surface area contributed by atoms with Crippen LogP contribution in [-0.4, -0.2) is 5.54 Å². The zero-order valence-electron chi connectivity index (χ0n) is 10.1. The first kappa shape index (κ1) is 12.0. The van der Waals surface area contributed by atoms with Crippen LogP contribution in [0.25, 0.3) is 11.0 Å². The smallest absolute Gasteiger partial charge is 0.201 e. The van der Waals surface area contributed by atoms with E-state index in [9.17, 15) is 8.78 Å². The Morgan fingerprint density at radius 1 is 1.24 bits per heavy atom. The molecule has 0 aliphatic heterocycles. The van der Waals surface area contributed by atoms with Crippen molar-refractivity contribution in [3.8, 4) is 0 Å². The first-order chi connectivity index (χ1) is 7.88. The molecule has 92 valence electrons. The first-order valence-corrected chi connectivity index (χ1v) is 5.47. The van der Waals surface area contributed by atoms with Crippen LogP contribution in [0.2, 0.25) is 0 Å². The lowest BCUT2D eigenvalue weighted by atomic mass is 10.1. The molecular formula is C13H15F2NO. The van der Waals surface area contributed by atoms with Gasteiger partial charge in [0.1, 0.15) is 0 Å². The number of benzene rings is 1. The van der Waals surface area contributed by atoms with E-state index >= 15 is 0 Å². The van der Waals surface area contributed by atoms with E-state index in [0.29, 0.717) is 11.9 Å². The molecule has 0 spiro atoms. The molecule has 0 atom stereocenters. The molecule has 0 unspecified atom stereocenters. The van der Waals surface area contributed by atoms with E-state index in [1.165, 1.54) is 12.3 Å². The third-order valence-electron chi connectivity index (χ3n) is 2.52. The fourth-order valence-corrected chi connectivity index (χ4v) is 1.59. The molecule has 1 N–H and O–H groups in total. The van der Waals surface area contributed by atoms with Gasteiger partial charge in [0.15, 0.2) is 11.4 Å². The Labute approximate surface area is 98.6 Å². The van der Waals surface area contributed by atoms with E-state index in [-0.39, 0.29) is 11.1 Å². The number of rotatable bonds is 2. The highest BCUT2D eigenvalue weighted by atomic mass is 19.2. The van der Waals surface area contributed by atoms with Crippen molar-refractivity contribution in [1.29, 1.82) is 0 Å². The topological polar surface area (TPSA) is 25.2 Å². The SMILES string of the molecule is CC(C)(C)NCc1coc2c(F)c(F)ccc12. The van der Waals surface area contributed by atoms with E-state index in [1.54, 1.807) is 0 Å². The summed E-state index contributed by atoms with van der Waals surface area (Å²) in [4.78, 5) is 0. The Morgan fingerprint density at radius 3 is 2.59 bits per heavy atom. The van der Waals surface area contributed by atoms with Gasteiger partial charge >= 0.3 is 0 Å². The maximum atomic E-state index is 13.4. The van der Waals surface area contributed by atoms with Gasteiger partial charge < -0.3 is 9.73 Å². The van der Waals surface area contributed by atoms with Crippen LogP contribution in [0.15, 0.2) is 22.8 Å². The van der Waals surface area contributed by atoms with Crippen LogP contribution < -0.4 is 5.32 Å². The summed E-state index contributed by atoms with van der Waals surface area (Å²) in [5, 5.41) is 3.89. The normalized spacial score (nSPS) is 12.3. The molecule has 2 rings (SSSR count). The molecule has 17 heavy (non-hydrogen) atoms. The molecule has 1 heterocycles. The van der Waals surface area contributed by atoms with E-state index in [4.69, 9.17) is 4.42 Å². The maximum Gasteiger partial charge on any atom is 0.201 e. The Hall–Kier alpha value is -1.42. The molecule has 0 radical (unpaired) electrons. The largest absolute Gasteiger partial charge is 0.461 e. The van der Waals surface area contributed by atoms with Gasteiger partial charge in [0.2, 0.25) is 5.82 Å².